The lowest BCUT2D eigenvalue weighted by Gasteiger charge is -2.29. The van der Waals surface area contributed by atoms with Gasteiger partial charge in [0, 0.05) is 32.7 Å². The van der Waals surface area contributed by atoms with E-state index in [1.54, 1.807) is 6.07 Å². The van der Waals surface area contributed by atoms with Crippen molar-refractivity contribution in [2.45, 2.75) is 6.92 Å². The molecule has 1 aromatic heterocycles. The molecule has 2 heterocycles. The van der Waals surface area contributed by atoms with Crippen LogP contribution in [0.5, 0.6) is 0 Å². The molecule has 17 heavy (non-hydrogen) atoms. The summed E-state index contributed by atoms with van der Waals surface area (Å²) in [5, 5.41) is 7.61. The molecule has 0 atom stereocenters. The van der Waals surface area contributed by atoms with E-state index in [0.717, 1.165) is 38.5 Å². The van der Waals surface area contributed by atoms with Crippen LogP contribution in [0.4, 0.5) is 11.6 Å². The summed E-state index contributed by atoms with van der Waals surface area (Å²) >= 11 is 12.3. The molecule has 0 aromatic carbocycles. The maximum Gasteiger partial charge on any atom is 0.150 e. The molecule has 6 heteroatoms. The monoisotopic (exact) mass is 274 g/mol. The van der Waals surface area contributed by atoms with Gasteiger partial charge in [0.1, 0.15) is 11.6 Å². The van der Waals surface area contributed by atoms with E-state index in [2.05, 4.69) is 20.5 Å². The van der Waals surface area contributed by atoms with Crippen molar-refractivity contribution in [2.75, 3.05) is 42.9 Å². The summed E-state index contributed by atoms with van der Waals surface area (Å²) < 4.78 is 0. The first-order valence-corrected chi connectivity index (χ1v) is 6.53. The van der Waals surface area contributed by atoms with Gasteiger partial charge in [0.05, 0.1) is 10.0 Å². The normalized spacial score (nSPS) is 16.1. The number of halogens is 2. The summed E-state index contributed by atoms with van der Waals surface area (Å²) in [6.45, 7) is 6.54. The summed E-state index contributed by atoms with van der Waals surface area (Å²) in [5.41, 5.74) is 0. The van der Waals surface area contributed by atoms with E-state index in [1.807, 2.05) is 6.92 Å². The van der Waals surface area contributed by atoms with Crippen molar-refractivity contribution in [1.29, 1.82) is 0 Å². The SMILES string of the molecule is CCNc1nc(N2CCNCC2)c(Cl)cc1Cl. The summed E-state index contributed by atoms with van der Waals surface area (Å²) in [6.07, 6.45) is 0. The van der Waals surface area contributed by atoms with Crippen molar-refractivity contribution >= 4 is 34.8 Å². The second kappa shape index (κ2) is 5.76. The van der Waals surface area contributed by atoms with Crippen molar-refractivity contribution in [3.8, 4) is 0 Å². The number of nitrogens with one attached hydrogen (secondary N) is 2. The van der Waals surface area contributed by atoms with Gasteiger partial charge in [-0.25, -0.2) is 4.98 Å². The Labute approximate surface area is 111 Å². The minimum Gasteiger partial charge on any atom is -0.369 e. The molecule has 1 aromatic rings. The van der Waals surface area contributed by atoms with Crippen molar-refractivity contribution in [1.82, 2.24) is 10.3 Å². The number of hydrogen-bond acceptors (Lipinski definition) is 4. The zero-order valence-corrected chi connectivity index (χ0v) is 11.3. The van der Waals surface area contributed by atoms with E-state index in [4.69, 9.17) is 23.2 Å². The number of piperazine rings is 1. The topological polar surface area (TPSA) is 40.2 Å². The predicted octanol–water partition coefficient (Wildman–Crippen LogP) is 2.23. The molecule has 1 aliphatic heterocycles. The van der Waals surface area contributed by atoms with Crippen LogP contribution in [0.3, 0.4) is 0 Å². The average Bonchev–Trinajstić information content (AvgIpc) is 2.34. The summed E-state index contributed by atoms with van der Waals surface area (Å²) in [5.74, 6) is 1.51. The van der Waals surface area contributed by atoms with Crippen LogP contribution in [0, 0.1) is 0 Å². The van der Waals surface area contributed by atoms with Gasteiger partial charge in [-0.2, -0.15) is 0 Å². The van der Waals surface area contributed by atoms with Crippen LogP contribution in [0.1, 0.15) is 6.92 Å². The lowest BCUT2D eigenvalue weighted by atomic mass is 10.3. The Morgan fingerprint density at radius 1 is 1.35 bits per heavy atom. The molecule has 0 radical (unpaired) electrons. The Morgan fingerprint density at radius 3 is 2.71 bits per heavy atom. The van der Waals surface area contributed by atoms with E-state index in [1.165, 1.54) is 0 Å². The van der Waals surface area contributed by atoms with E-state index in [9.17, 15) is 0 Å². The lowest BCUT2D eigenvalue weighted by Crippen LogP contribution is -2.44. The number of anilines is 2. The van der Waals surface area contributed by atoms with E-state index >= 15 is 0 Å². The molecule has 4 nitrogen and oxygen atoms in total. The molecule has 0 aliphatic carbocycles. The highest BCUT2D eigenvalue weighted by molar-refractivity contribution is 6.37. The van der Waals surface area contributed by atoms with Gasteiger partial charge in [-0.15, -0.1) is 0 Å². The molecule has 0 unspecified atom stereocenters. The maximum absolute atomic E-state index is 6.20. The molecule has 2 rings (SSSR count). The Hall–Kier alpha value is -0.710. The number of rotatable bonds is 3. The predicted molar refractivity (Wildman–Crippen MR) is 73.5 cm³/mol. The third-order valence-electron chi connectivity index (χ3n) is 2.67. The van der Waals surface area contributed by atoms with Crippen LogP contribution in [-0.2, 0) is 0 Å². The molecule has 2 N–H and O–H groups in total. The van der Waals surface area contributed by atoms with Crippen LogP contribution >= 0.6 is 23.2 Å². The highest BCUT2D eigenvalue weighted by atomic mass is 35.5. The first-order valence-electron chi connectivity index (χ1n) is 5.78. The average molecular weight is 275 g/mol. The second-order valence-corrected chi connectivity index (χ2v) is 4.71. The highest BCUT2D eigenvalue weighted by Gasteiger charge is 2.17. The summed E-state index contributed by atoms with van der Waals surface area (Å²) in [7, 11) is 0. The number of pyridine rings is 1. The number of hydrogen-bond donors (Lipinski definition) is 2. The Morgan fingerprint density at radius 2 is 2.06 bits per heavy atom. The van der Waals surface area contributed by atoms with Gasteiger partial charge in [0.25, 0.3) is 0 Å². The number of aromatic nitrogens is 1. The van der Waals surface area contributed by atoms with Gasteiger partial charge in [-0.1, -0.05) is 23.2 Å². The van der Waals surface area contributed by atoms with Gasteiger partial charge in [0.2, 0.25) is 0 Å². The van der Waals surface area contributed by atoms with Gasteiger partial charge in [-0.3, -0.25) is 0 Å². The van der Waals surface area contributed by atoms with Gasteiger partial charge in [-0.05, 0) is 13.0 Å². The van der Waals surface area contributed by atoms with Crippen LogP contribution < -0.4 is 15.5 Å². The van der Waals surface area contributed by atoms with Crippen molar-refractivity contribution in [2.24, 2.45) is 0 Å². The second-order valence-electron chi connectivity index (χ2n) is 3.89. The van der Waals surface area contributed by atoms with Crippen molar-refractivity contribution in [3.05, 3.63) is 16.1 Å². The molecular formula is C11H16Cl2N4. The largest absolute Gasteiger partial charge is 0.369 e. The molecule has 94 valence electrons. The zero-order chi connectivity index (χ0) is 12.3. The molecule has 0 spiro atoms. The molecule has 0 saturated carbocycles. The fraction of sp³-hybridized carbons (Fsp3) is 0.545. The Bertz CT molecular complexity index is 391. The van der Waals surface area contributed by atoms with Crippen molar-refractivity contribution in [3.63, 3.8) is 0 Å². The van der Waals surface area contributed by atoms with E-state index < -0.39 is 0 Å². The number of nitrogens with zero attached hydrogens (tertiary/aromatic N) is 2. The smallest absolute Gasteiger partial charge is 0.150 e. The summed E-state index contributed by atoms with van der Waals surface area (Å²) in [6, 6.07) is 1.76. The first-order chi connectivity index (χ1) is 8.22. The van der Waals surface area contributed by atoms with Crippen molar-refractivity contribution < 1.29 is 0 Å². The Kier molecular flexibility index (Phi) is 4.31. The maximum atomic E-state index is 6.20. The quantitative estimate of drug-likeness (QED) is 0.887. The van der Waals surface area contributed by atoms with Crippen LogP contribution in [-0.4, -0.2) is 37.7 Å². The molecule has 1 fully saturated rings. The van der Waals surface area contributed by atoms with E-state index in [0.29, 0.717) is 15.9 Å². The summed E-state index contributed by atoms with van der Waals surface area (Å²) in [4.78, 5) is 6.68. The Balaban J connectivity index is 2.28. The first kappa shape index (κ1) is 12.7. The van der Waals surface area contributed by atoms with E-state index in [-0.39, 0.29) is 0 Å². The minimum atomic E-state index is 0.565. The zero-order valence-electron chi connectivity index (χ0n) is 9.76. The minimum absolute atomic E-state index is 0.565. The van der Waals surface area contributed by atoms with Crippen LogP contribution in [0.2, 0.25) is 10.0 Å². The van der Waals surface area contributed by atoms with Crippen LogP contribution in [0.25, 0.3) is 0 Å². The molecule has 1 saturated heterocycles. The fourth-order valence-electron chi connectivity index (χ4n) is 1.85. The third kappa shape index (κ3) is 2.94. The highest BCUT2D eigenvalue weighted by Crippen LogP contribution is 2.31. The van der Waals surface area contributed by atoms with Gasteiger partial charge in [0.15, 0.2) is 0 Å². The molecular weight excluding hydrogens is 259 g/mol. The fourth-order valence-corrected chi connectivity index (χ4v) is 2.39. The lowest BCUT2D eigenvalue weighted by molar-refractivity contribution is 0.585. The van der Waals surface area contributed by atoms with Crippen LogP contribution in [0.15, 0.2) is 6.07 Å². The standard InChI is InChI=1S/C11H16Cl2N4/c1-2-15-10-8(12)7-9(13)11(16-10)17-5-3-14-4-6-17/h7,14H,2-6H2,1H3,(H,15,16). The van der Waals surface area contributed by atoms with Gasteiger partial charge >= 0.3 is 0 Å². The molecule has 0 amide bonds. The third-order valence-corrected chi connectivity index (χ3v) is 3.24. The van der Waals surface area contributed by atoms with Gasteiger partial charge < -0.3 is 15.5 Å². The molecule has 0 bridgehead atoms. The molecule has 1 aliphatic rings.